The molecular weight excluding hydrogens is 282 g/mol. The molecule has 0 unspecified atom stereocenters. The first-order valence-corrected chi connectivity index (χ1v) is 8.29. The molecule has 0 bridgehead atoms. The second-order valence-corrected chi connectivity index (χ2v) is 5.77. The van der Waals surface area contributed by atoms with Gasteiger partial charge in [0.05, 0.1) is 0 Å². The Morgan fingerprint density at radius 2 is 2.00 bits per heavy atom. The highest BCUT2D eigenvalue weighted by Gasteiger charge is 1.98. The number of thiophene rings is 1. The highest BCUT2D eigenvalue weighted by molar-refractivity contribution is 7.09. The zero-order chi connectivity index (χ0) is 14.8. The first kappa shape index (κ1) is 16.0. The van der Waals surface area contributed by atoms with Gasteiger partial charge < -0.3 is 14.8 Å². The maximum atomic E-state index is 5.75. The Morgan fingerprint density at radius 3 is 2.71 bits per heavy atom. The molecule has 1 heterocycles. The van der Waals surface area contributed by atoms with Crippen molar-refractivity contribution in [2.75, 3.05) is 19.8 Å². The van der Waals surface area contributed by atoms with Crippen molar-refractivity contribution in [1.29, 1.82) is 0 Å². The van der Waals surface area contributed by atoms with Gasteiger partial charge in [-0.05, 0) is 49.0 Å². The van der Waals surface area contributed by atoms with Crippen molar-refractivity contribution in [2.45, 2.75) is 26.5 Å². The van der Waals surface area contributed by atoms with Crippen molar-refractivity contribution in [3.63, 3.8) is 0 Å². The predicted octanol–water partition coefficient (Wildman–Crippen LogP) is 3.84. The Hall–Kier alpha value is -1.36. The largest absolute Gasteiger partial charge is 0.488 e. The fraction of sp³-hybridized carbons (Fsp3) is 0.412. The van der Waals surface area contributed by atoms with Crippen LogP contribution in [0.2, 0.25) is 0 Å². The van der Waals surface area contributed by atoms with Gasteiger partial charge in [0.2, 0.25) is 0 Å². The predicted molar refractivity (Wildman–Crippen MR) is 87.9 cm³/mol. The molecule has 2 rings (SSSR count). The molecule has 0 aliphatic heterocycles. The quantitative estimate of drug-likeness (QED) is 0.676. The van der Waals surface area contributed by atoms with Gasteiger partial charge in [0, 0.05) is 24.6 Å². The van der Waals surface area contributed by atoms with Crippen LogP contribution in [0.15, 0.2) is 41.8 Å². The Balaban J connectivity index is 1.64. The standard InChI is InChI=1S/C17H23NO2S/c1-2-19-11-4-10-18-13-15-6-8-16(9-7-15)20-14-17-5-3-12-21-17/h3,5-9,12,18H,2,4,10-11,13-14H2,1H3. The molecule has 3 nitrogen and oxygen atoms in total. The minimum atomic E-state index is 0.646. The van der Waals surface area contributed by atoms with Gasteiger partial charge in [-0.1, -0.05) is 18.2 Å². The van der Waals surface area contributed by atoms with E-state index in [0.717, 1.165) is 38.5 Å². The average molecular weight is 305 g/mol. The van der Waals surface area contributed by atoms with Crippen LogP contribution in [0.1, 0.15) is 23.8 Å². The lowest BCUT2D eigenvalue weighted by molar-refractivity contribution is 0.144. The van der Waals surface area contributed by atoms with Crippen LogP contribution in [0.3, 0.4) is 0 Å². The molecule has 1 N–H and O–H groups in total. The van der Waals surface area contributed by atoms with E-state index in [2.05, 4.69) is 28.9 Å². The molecule has 21 heavy (non-hydrogen) atoms. The molecule has 0 atom stereocenters. The third-order valence-corrected chi connectivity index (χ3v) is 3.91. The number of benzene rings is 1. The second-order valence-electron chi connectivity index (χ2n) is 4.74. The molecule has 0 radical (unpaired) electrons. The molecule has 2 aromatic rings. The van der Waals surface area contributed by atoms with Gasteiger partial charge in [0.25, 0.3) is 0 Å². The van der Waals surface area contributed by atoms with Crippen molar-refractivity contribution < 1.29 is 9.47 Å². The van der Waals surface area contributed by atoms with Crippen molar-refractivity contribution in [1.82, 2.24) is 5.32 Å². The van der Waals surface area contributed by atoms with Crippen LogP contribution in [0.5, 0.6) is 5.75 Å². The highest BCUT2D eigenvalue weighted by atomic mass is 32.1. The molecule has 1 aromatic heterocycles. The van der Waals surface area contributed by atoms with E-state index < -0.39 is 0 Å². The van der Waals surface area contributed by atoms with Crippen LogP contribution in [0, 0.1) is 0 Å². The summed E-state index contributed by atoms with van der Waals surface area (Å²) in [6.45, 7) is 6.17. The smallest absolute Gasteiger partial charge is 0.122 e. The van der Waals surface area contributed by atoms with E-state index in [1.807, 2.05) is 25.1 Å². The van der Waals surface area contributed by atoms with E-state index in [1.54, 1.807) is 11.3 Å². The third kappa shape index (κ3) is 6.29. The lowest BCUT2D eigenvalue weighted by Crippen LogP contribution is -2.16. The molecule has 1 aromatic carbocycles. The SMILES string of the molecule is CCOCCCNCc1ccc(OCc2cccs2)cc1. The Bertz CT molecular complexity index is 482. The van der Waals surface area contributed by atoms with Gasteiger partial charge in [-0.15, -0.1) is 11.3 Å². The van der Waals surface area contributed by atoms with Gasteiger partial charge in [0.15, 0.2) is 0 Å². The van der Waals surface area contributed by atoms with Crippen LogP contribution in [0.25, 0.3) is 0 Å². The molecular formula is C17H23NO2S. The lowest BCUT2D eigenvalue weighted by atomic mass is 10.2. The summed E-state index contributed by atoms with van der Waals surface area (Å²) < 4.78 is 11.1. The first-order valence-electron chi connectivity index (χ1n) is 7.41. The van der Waals surface area contributed by atoms with E-state index in [9.17, 15) is 0 Å². The Kier molecular flexibility index (Phi) is 7.29. The number of nitrogens with one attached hydrogen (secondary N) is 1. The van der Waals surface area contributed by atoms with Crippen molar-refractivity contribution >= 4 is 11.3 Å². The average Bonchev–Trinajstić information content (AvgIpc) is 3.03. The summed E-state index contributed by atoms with van der Waals surface area (Å²) in [6, 6.07) is 12.4. The summed E-state index contributed by atoms with van der Waals surface area (Å²) in [6.07, 6.45) is 1.05. The zero-order valence-corrected chi connectivity index (χ0v) is 13.3. The first-order chi connectivity index (χ1) is 10.4. The number of hydrogen-bond acceptors (Lipinski definition) is 4. The van der Waals surface area contributed by atoms with E-state index in [0.29, 0.717) is 6.61 Å². The molecule has 4 heteroatoms. The monoisotopic (exact) mass is 305 g/mol. The molecule has 0 saturated heterocycles. The van der Waals surface area contributed by atoms with Crippen LogP contribution < -0.4 is 10.1 Å². The minimum absolute atomic E-state index is 0.646. The van der Waals surface area contributed by atoms with Crippen molar-refractivity contribution in [3.05, 3.63) is 52.2 Å². The zero-order valence-electron chi connectivity index (χ0n) is 12.5. The molecule has 0 aliphatic carbocycles. The Morgan fingerprint density at radius 1 is 1.14 bits per heavy atom. The second kappa shape index (κ2) is 9.55. The highest BCUT2D eigenvalue weighted by Crippen LogP contribution is 2.16. The normalized spacial score (nSPS) is 10.7. The minimum Gasteiger partial charge on any atom is -0.488 e. The van der Waals surface area contributed by atoms with Gasteiger partial charge in [-0.25, -0.2) is 0 Å². The van der Waals surface area contributed by atoms with E-state index in [4.69, 9.17) is 9.47 Å². The number of hydrogen-bond donors (Lipinski definition) is 1. The maximum Gasteiger partial charge on any atom is 0.122 e. The molecule has 114 valence electrons. The summed E-state index contributed by atoms with van der Waals surface area (Å²) in [5.41, 5.74) is 1.27. The molecule has 0 saturated carbocycles. The summed E-state index contributed by atoms with van der Waals surface area (Å²) in [5, 5.41) is 5.48. The summed E-state index contributed by atoms with van der Waals surface area (Å²) in [4.78, 5) is 1.25. The van der Waals surface area contributed by atoms with E-state index in [1.165, 1.54) is 10.4 Å². The molecule has 0 spiro atoms. The van der Waals surface area contributed by atoms with Gasteiger partial charge >= 0.3 is 0 Å². The lowest BCUT2D eigenvalue weighted by Gasteiger charge is -2.07. The van der Waals surface area contributed by atoms with Crippen molar-refractivity contribution in [2.24, 2.45) is 0 Å². The summed E-state index contributed by atoms with van der Waals surface area (Å²) >= 11 is 1.72. The number of ether oxygens (including phenoxy) is 2. The summed E-state index contributed by atoms with van der Waals surface area (Å²) in [5.74, 6) is 0.920. The topological polar surface area (TPSA) is 30.5 Å². The fourth-order valence-electron chi connectivity index (χ4n) is 1.93. The summed E-state index contributed by atoms with van der Waals surface area (Å²) in [7, 11) is 0. The van der Waals surface area contributed by atoms with E-state index in [-0.39, 0.29) is 0 Å². The molecule has 0 fully saturated rings. The van der Waals surface area contributed by atoms with Crippen LogP contribution in [0.4, 0.5) is 0 Å². The van der Waals surface area contributed by atoms with Crippen LogP contribution in [-0.4, -0.2) is 19.8 Å². The maximum absolute atomic E-state index is 5.75. The number of rotatable bonds is 10. The molecule has 0 amide bonds. The third-order valence-electron chi connectivity index (χ3n) is 3.06. The van der Waals surface area contributed by atoms with Crippen LogP contribution >= 0.6 is 11.3 Å². The fourth-order valence-corrected chi connectivity index (χ4v) is 2.55. The molecule has 0 aliphatic rings. The van der Waals surface area contributed by atoms with Gasteiger partial charge in [0.1, 0.15) is 12.4 Å². The van der Waals surface area contributed by atoms with Gasteiger partial charge in [-0.3, -0.25) is 0 Å². The van der Waals surface area contributed by atoms with Crippen molar-refractivity contribution in [3.8, 4) is 5.75 Å². The van der Waals surface area contributed by atoms with Crippen LogP contribution in [-0.2, 0) is 17.9 Å². The Labute approximate surface area is 130 Å². The van der Waals surface area contributed by atoms with Gasteiger partial charge in [-0.2, -0.15) is 0 Å². The van der Waals surface area contributed by atoms with E-state index >= 15 is 0 Å².